The van der Waals surface area contributed by atoms with Crippen LogP contribution in [0.3, 0.4) is 0 Å². The lowest BCUT2D eigenvalue weighted by molar-refractivity contribution is -0.119. The van der Waals surface area contributed by atoms with E-state index in [4.69, 9.17) is 19.9 Å². The first-order valence-corrected chi connectivity index (χ1v) is 8.88. The lowest BCUT2D eigenvalue weighted by Gasteiger charge is -2.12. The number of primary amides is 1. The molecule has 0 aliphatic rings. The maximum Gasteiger partial charge on any atom is 0.271 e. The number of hydrazone groups is 1. The molecule has 8 heteroatoms. The van der Waals surface area contributed by atoms with E-state index in [1.165, 1.54) is 6.21 Å². The summed E-state index contributed by atoms with van der Waals surface area (Å²) in [7, 11) is 0. The minimum atomic E-state index is -0.566. The molecule has 2 amide bonds. The Hall–Kier alpha value is -3.81. The SMILES string of the molecule is C=CCOc1ccc(C(=O)N/N=C/c2cccc(OCC(N)=O)c2)cc1OCC. The Morgan fingerprint density at radius 3 is 2.69 bits per heavy atom. The highest BCUT2D eigenvalue weighted by molar-refractivity contribution is 5.95. The average molecular weight is 397 g/mol. The van der Waals surface area contributed by atoms with Crippen molar-refractivity contribution in [2.45, 2.75) is 6.92 Å². The maximum absolute atomic E-state index is 12.3. The molecule has 0 aliphatic carbocycles. The Bertz CT molecular complexity index is 896. The number of carbonyl (C=O) groups is 2. The highest BCUT2D eigenvalue weighted by atomic mass is 16.5. The van der Waals surface area contributed by atoms with Crippen LogP contribution in [0.2, 0.25) is 0 Å². The first-order valence-electron chi connectivity index (χ1n) is 8.88. The highest BCUT2D eigenvalue weighted by Gasteiger charge is 2.11. The molecule has 0 saturated carbocycles. The molecule has 29 heavy (non-hydrogen) atoms. The van der Waals surface area contributed by atoms with E-state index in [-0.39, 0.29) is 6.61 Å². The molecule has 152 valence electrons. The molecule has 0 saturated heterocycles. The zero-order valence-corrected chi connectivity index (χ0v) is 16.1. The monoisotopic (exact) mass is 397 g/mol. The Morgan fingerprint density at radius 1 is 1.14 bits per heavy atom. The summed E-state index contributed by atoms with van der Waals surface area (Å²) in [4.78, 5) is 23.1. The number of nitrogens with zero attached hydrogens (tertiary/aromatic N) is 1. The van der Waals surface area contributed by atoms with Crippen LogP contribution in [-0.2, 0) is 4.79 Å². The van der Waals surface area contributed by atoms with E-state index in [1.54, 1.807) is 48.5 Å². The van der Waals surface area contributed by atoms with Crippen LogP contribution in [0.25, 0.3) is 0 Å². The quantitative estimate of drug-likeness (QED) is 0.343. The molecule has 2 rings (SSSR count). The molecule has 3 N–H and O–H groups in total. The van der Waals surface area contributed by atoms with Gasteiger partial charge in [0.15, 0.2) is 18.1 Å². The van der Waals surface area contributed by atoms with Gasteiger partial charge in [0, 0.05) is 5.56 Å². The van der Waals surface area contributed by atoms with Crippen LogP contribution in [0, 0.1) is 0 Å². The smallest absolute Gasteiger partial charge is 0.271 e. The zero-order valence-electron chi connectivity index (χ0n) is 16.1. The lowest BCUT2D eigenvalue weighted by atomic mass is 10.2. The van der Waals surface area contributed by atoms with Crippen molar-refractivity contribution in [3.05, 3.63) is 66.2 Å². The Morgan fingerprint density at radius 2 is 1.97 bits per heavy atom. The van der Waals surface area contributed by atoms with Crippen molar-refractivity contribution in [1.82, 2.24) is 5.43 Å². The van der Waals surface area contributed by atoms with Crippen LogP contribution in [0.4, 0.5) is 0 Å². The van der Waals surface area contributed by atoms with Gasteiger partial charge in [0.05, 0.1) is 12.8 Å². The normalized spacial score (nSPS) is 10.4. The molecule has 0 aromatic heterocycles. The van der Waals surface area contributed by atoms with Crippen molar-refractivity contribution in [2.24, 2.45) is 10.8 Å². The largest absolute Gasteiger partial charge is 0.490 e. The van der Waals surface area contributed by atoms with E-state index < -0.39 is 11.8 Å². The van der Waals surface area contributed by atoms with Crippen LogP contribution in [0.5, 0.6) is 17.2 Å². The zero-order chi connectivity index (χ0) is 21.1. The number of nitrogens with one attached hydrogen (secondary N) is 1. The molecule has 0 unspecified atom stereocenters. The van der Waals surface area contributed by atoms with Gasteiger partial charge in [-0.15, -0.1) is 0 Å². The predicted molar refractivity (Wildman–Crippen MR) is 109 cm³/mol. The third kappa shape index (κ3) is 7.02. The van der Waals surface area contributed by atoms with Gasteiger partial charge in [0.2, 0.25) is 0 Å². The molecule has 2 aromatic carbocycles. The van der Waals surface area contributed by atoms with Gasteiger partial charge in [-0.25, -0.2) is 5.43 Å². The first kappa shape index (κ1) is 21.5. The van der Waals surface area contributed by atoms with E-state index in [9.17, 15) is 9.59 Å². The van der Waals surface area contributed by atoms with Crippen molar-refractivity contribution < 1.29 is 23.8 Å². The molecular formula is C21H23N3O5. The molecule has 0 spiro atoms. The number of hydrogen-bond acceptors (Lipinski definition) is 6. The van der Waals surface area contributed by atoms with Crippen molar-refractivity contribution in [3.63, 3.8) is 0 Å². The van der Waals surface area contributed by atoms with E-state index in [2.05, 4.69) is 17.1 Å². The minimum absolute atomic E-state index is 0.216. The summed E-state index contributed by atoms with van der Waals surface area (Å²) >= 11 is 0. The third-order valence-corrected chi connectivity index (χ3v) is 3.48. The minimum Gasteiger partial charge on any atom is -0.490 e. The van der Waals surface area contributed by atoms with Crippen molar-refractivity contribution in [3.8, 4) is 17.2 Å². The molecule has 0 fully saturated rings. The van der Waals surface area contributed by atoms with Gasteiger partial charge in [-0.05, 0) is 42.8 Å². The van der Waals surface area contributed by atoms with Crippen molar-refractivity contribution in [1.29, 1.82) is 0 Å². The molecule has 8 nitrogen and oxygen atoms in total. The highest BCUT2D eigenvalue weighted by Crippen LogP contribution is 2.28. The summed E-state index contributed by atoms with van der Waals surface area (Å²) in [6.07, 6.45) is 3.08. The Kier molecular flexibility index (Phi) is 8.25. The summed E-state index contributed by atoms with van der Waals surface area (Å²) in [6, 6.07) is 11.7. The fourth-order valence-corrected chi connectivity index (χ4v) is 2.25. The van der Waals surface area contributed by atoms with Gasteiger partial charge in [0.25, 0.3) is 11.8 Å². The standard InChI is InChI=1S/C21H23N3O5/c1-3-10-28-18-9-8-16(12-19(18)27-4-2)21(26)24-23-13-15-6-5-7-17(11-15)29-14-20(22)25/h3,5-9,11-13H,1,4,10,14H2,2H3,(H2,22,25)(H,24,26)/b23-13+. The summed E-state index contributed by atoms with van der Waals surface area (Å²) in [5, 5.41) is 3.94. The number of benzene rings is 2. The third-order valence-electron chi connectivity index (χ3n) is 3.48. The first-order chi connectivity index (χ1) is 14.0. The topological polar surface area (TPSA) is 112 Å². The van der Waals surface area contributed by atoms with Crippen LogP contribution >= 0.6 is 0 Å². The second-order valence-corrected chi connectivity index (χ2v) is 5.72. The van der Waals surface area contributed by atoms with Crippen LogP contribution in [0.15, 0.2) is 60.2 Å². The van der Waals surface area contributed by atoms with Gasteiger partial charge in [-0.2, -0.15) is 5.10 Å². The van der Waals surface area contributed by atoms with Gasteiger partial charge in [0.1, 0.15) is 12.4 Å². The Balaban J connectivity index is 2.02. The second-order valence-electron chi connectivity index (χ2n) is 5.72. The lowest BCUT2D eigenvalue weighted by Crippen LogP contribution is -2.20. The molecule has 0 atom stereocenters. The average Bonchev–Trinajstić information content (AvgIpc) is 2.71. The van der Waals surface area contributed by atoms with Gasteiger partial charge >= 0.3 is 0 Å². The summed E-state index contributed by atoms with van der Waals surface area (Å²) in [6.45, 7) is 6.00. The van der Waals surface area contributed by atoms with Crippen molar-refractivity contribution in [2.75, 3.05) is 19.8 Å². The van der Waals surface area contributed by atoms with Crippen molar-refractivity contribution >= 4 is 18.0 Å². The Labute approximate surface area is 169 Å². The summed E-state index contributed by atoms with van der Waals surface area (Å²) < 4.78 is 16.3. The molecule has 0 aliphatic heterocycles. The van der Waals surface area contributed by atoms with Crippen LogP contribution in [0.1, 0.15) is 22.8 Å². The number of rotatable bonds is 11. The summed E-state index contributed by atoms with van der Waals surface area (Å²) in [5.74, 6) is 0.489. The molecule has 0 heterocycles. The maximum atomic E-state index is 12.3. The second kappa shape index (κ2) is 11.1. The number of nitrogens with two attached hydrogens (primary N) is 1. The van der Waals surface area contributed by atoms with Gasteiger partial charge in [-0.1, -0.05) is 24.8 Å². The molecule has 2 aromatic rings. The fourth-order valence-electron chi connectivity index (χ4n) is 2.25. The molecule has 0 radical (unpaired) electrons. The van der Waals surface area contributed by atoms with E-state index in [1.807, 2.05) is 6.92 Å². The summed E-state index contributed by atoms with van der Waals surface area (Å²) in [5.41, 5.74) is 8.55. The van der Waals surface area contributed by atoms with Gasteiger partial charge in [-0.3, -0.25) is 9.59 Å². The van der Waals surface area contributed by atoms with E-state index in [0.717, 1.165) is 0 Å². The van der Waals surface area contributed by atoms with E-state index >= 15 is 0 Å². The number of carbonyl (C=O) groups excluding carboxylic acids is 2. The fraction of sp³-hybridized carbons (Fsp3) is 0.190. The van der Waals surface area contributed by atoms with E-state index in [0.29, 0.717) is 41.6 Å². The number of ether oxygens (including phenoxy) is 3. The van der Waals surface area contributed by atoms with Crippen LogP contribution < -0.4 is 25.4 Å². The number of hydrogen-bond donors (Lipinski definition) is 2. The molecular weight excluding hydrogens is 374 g/mol. The predicted octanol–water partition coefficient (Wildman–Crippen LogP) is 2.28. The molecule has 0 bridgehead atoms. The van der Waals surface area contributed by atoms with Gasteiger partial charge < -0.3 is 19.9 Å². The van der Waals surface area contributed by atoms with Crippen LogP contribution in [-0.4, -0.2) is 37.8 Å². The number of amides is 2.